The molecule has 0 bridgehead atoms. The zero-order valence-electron chi connectivity index (χ0n) is 15.7. The third kappa shape index (κ3) is 5.85. The van der Waals surface area contributed by atoms with Gasteiger partial charge < -0.3 is 0 Å². The van der Waals surface area contributed by atoms with E-state index in [9.17, 15) is 14.8 Å². The number of amides is 2. The van der Waals surface area contributed by atoms with Gasteiger partial charge in [0, 0.05) is 11.8 Å². The molecule has 2 aliphatic rings. The maximum absolute atomic E-state index is 12.5. The molecule has 9 nitrogen and oxygen atoms in total. The van der Waals surface area contributed by atoms with Crippen molar-refractivity contribution in [1.29, 1.82) is 0 Å². The van der Waals surface area contributed by atoms with Crippen LogP contribution in [0.4, 0.5) is 5.95 Å². The molecule has 1 aromatic rings. The number of nitrogens with zero attached hydrogens (tertiary/aromatic N) is 4. The Hall–Kier alpha value is -2.29. The molecule has 0 saturated heterocycles. The largest absolute Gasteiger partial charge is 0.286 e. The molecule has 3 rings (SSSR count). The number of hydroxylamine groups is 2. The van der Waals surface area contributed by atoms with Gasteiger partial charge in [-0.3, -0.25) is 25.6 Å². The van der Waals surface area contributed by atoms with E-state index >= 15 is 0 Å². The Morgan fingerprint density at radius 2 is 1.81 bits per heavy atom. The number of carbonyl (C=O) groups is 2. The van der Waals surface area contributed by atoms with Gasteiger partial charge in [-0.05, 0) is 32.1 Å². The predicted octanol–water partition coefficient (Wildman–Crippen LogP) is 2.11. The summed E-state index contributed by atoms with van der Waals surface area (Å²) < 4.78 is 0. The highest BCUT2D eigenvalue weighted by Crippen LogP contribution is 2.41. The van der Waals surface area contributed by atoms with E-state index in [2.05, 4.69) is 32.7 Å². The number of hydrogen-bond acceptors (Lipinski definition) is 7. The average Bonchev–Trinajstić information content (AvgIpc) is 3.57. The molecule has 0 radical (unpaired) electrons. The van der Waals surface area contributed by atoms with Crippen molar-refractivity contribution in [2.75, 3.05) is 12.0 Å². The number of anilines is 1. The third-order valence-corrected chi connectivity index (χ3v) is 4.91. The molecule has 1 aromatic heterocycles. The van der Waals surface area contributed by atoms with Gasteiger partial charge in [0.2, 0.25) is 18.3 Å². The summed E-state index contributed by atoms with van der Waals surface area (Å²) in [5.41, 5.74) is 5.44. The molecule has 0 aromatic carbocycles. The van der Waals surface area contributed by atoms with E-state index in [4.69, 9.17) is 0 Å². The van der Waals surface area contributed by atoms with Gasteiger partial charge in [0.25, 0.3) is 0 Å². The first-order chi connectivity index (χ1) is 13.1. The lowest BCUT2D eigenvalue weighted by Gasteiger charge is -2.19. The van der Waals surface area contributed by atoms with E-state index in [0.717, 1.165) is 56.6 Å². The zero-order chi connectivity index (χ0) is 19.2. The van der Waals surface area contributed by atoms with Crippen LogP contribution in [0.3, 0.4) is 0 Å². The van der Waals surface area contributed by atoms with Crippen LogP contribution in [0.15, 0.2) is 0 Å². The summed E-state index contributed by atoms with van der Waals surface area (Å²) in [6.07, 6.45) is 8.15. The molecular weight excluding hydrogens is 348 g/mol. The van der Waals surface area contributed by atoms with Crippen molar-refractivity contribution in [1.82, 2.24) is 25.4 Å². The first-order valence-electron chi connectivity index (χ1n) is 9.83. The van der Waals surface area contributed by atoms with E-state index in [1.54, 1.807) is 0 Å². The van der Waals surface area contributed by atoms with Crippen molar-refractivity contribution in [2.24, 2.45) is 5.92 Å². The summed E-state index contributed by atoms with van der Waals surface area (Å²) in [5, 5.41) is 9.97. The van der Waals surface area contributed by atoms with Gasteiger partial charge in [0.15, 0.2) is 0 Å². The Morgan fingerprint density at radius 1 is 1.19 bits per heavy atom. The molecule has 3 N–H and O–H groups in total. The van der Waals surface area contributed by atoms with Crippen LogP contribution in [-0.4, -0.2) is 44.1 Å². The molecule has 2 saturated carbocycles. The molecule has 0 unspecified atom stereocenters. The maximum Gasteiger partial charge on any atom is 0.245 e. The van der Waals surface area contributed by atoms with Gasteiger partial charge >= 0.3 is 0 Å². The monoisotopic (exact) mass is 376 g/mol. The third-order valence-electron chi connectivity index (χ3n) is 4.91. The van der Waals surface area contributed by atoms with E-state index in [1.165, 1.54) is 0 Å². The molecule has 1 heterocycles. The first kappa shape index (κ1) is 19.5. The van der Waals surface area contributed by atoms with Crippen molar-refractivity contribution in [3.63, 3.8) is 0 Å². The highest BCUT2D eigenvalue weighted by atomic mass is 16.5. The molecule has 1 atom stereocenters. The van der Waals surface area contributed by atoms with Crippen molar-refractivity contribution in [3.8, 4) is 0 Å². The second-order valence-electron chi connectivity index (χ2n) is 7.46. The van der Waals surface area contributed by atoms with Gasteiger partial charge in [-0.2, -0.15) is 9.97 Å². The van der Waals surface area contributed by atoms with Crippen LogP contribution in [0, 0.1) is 5.92 Å². The SMILES string of the molecule is CCCCC[C@H](CN(O)C=O)C(=O)NNc1nc(C2CC2)nc(C2CC2)n1. The number of rotatable bonds is 12. The van der Waals surface area contributed by atoms with Crippen LogP contribution >= 0.6 is 0 Å². The van der Waals surface area contributed by atoms with E-state index < -0.39 is 5.92 Å². The van der Waals surface area contributed by atoms with Gasteiger partial charge in [0.05, 0.1) is 12.5 Å². The van der Waals surface area contributed by atoms with Crippen LogP contribution in [0.5, 0.6) is 0 Å². The summed E-state index contributed by atoms with van der Waals surface area (Å²) in [5.74, 6) is 1.94. The normalized spacial score (nSPS) is 17.3. The second-order valence-corrected chi connectivity index (χ2v) is 7.46. The topological polar surface area (TPSA) is 120 Å². The lowest BCUT2D eigenvalue weighted by Crippen LogP contribution is -2.40. The van der Waals surface area contributed by atoms with Gasteiger partial charge in [-0.15, -0.1) is 0 Å². The summed E-state index contributed by atoms with van der Waals surface area (Å²) in [6, 6.07) is 0. The number of carbonyl (C=O) groups excluding carboxylic acids is 2. The molecular formula is C18H28N6O3. The summed E-state index contributed by atoms with van der Waals surface area (Å²) >= 11 is 0. The fourth-order valence-electron chi connectivity index (χ4n) is 2.95. The Balaban J connectivity index is 1.60. The lowest BCUT2D eigenvalue weighted by molar-refractivity contribution is -0.154. The van der Waals surface area contributed by atoms with Crippen LogP contribution in [0.2, 0.25) is 0 Å². The number of hydrazine groups is 1. The van der Waals surface area contributed by atoms with Crippen LogP contribution in [-0.2, 0) is 9.59 Å². The minimum Gasteiger partial charge on any atom is -0.286 e. The Kier molecular flexibility index (Phi) is 6.54. The molecule has 2 amide bonds. The Labute approximate surface area is 158 Å². The summed E-state index contributed by atoms with van der Waals surface area (Å²) in [7, 11) is 0. The predicted molar refractivity (Wildman–Crippen MR) is 97.7 cm³/mol. The van der Waals surface area contributed by atoms with Crippen LogP contribution in [0.25, 0.3) is 0 Å². The highest BCUT2D eigenvalue weighted by molar-refractivity contribution is 5.80. The number of unbranched alkanes of at least 4 members (excludes halogenated alkanes) is 2. The molecule has 0 spiro atoms. The van der Waals surface area contributed by atoms with Crippen molar-refractivity contribution >= 4 is 18.3 Å². The minimum absolute atomic E-state index is 0.0431. The Morgan fingerprint density at radius 3 is 2.33 bits per heavy atom. The average molecular weight is 376 g/mol. The minimum atomic E-state index is -0.508. The maximum atomic E-state index is 12.5. The lowest BCUT2D eigenvalue weighted by atomic mass is 10.0. The highest BCUT2D eigenvalue weighted by Gasteiger charge is 2.32. The van der Waals surface area contributed by atoms with Gasteiger partial charge in [0.1, 0.15) is 11.6 Å². The van der Waals surface area contributed by atoms with Gasteiger partial charge in [-0.25, -0.2) is 10.0 Å². The number of hydrogen-bond donors (Lipinski definition) is 3. The molecule has 27 heavy (non-hydrogen) atoms. The molecule has 0 aliphatic heterocycles. The first-order valence-corrected chi connectivity index (χ1v) is 9.83. The Bertz CT molecular complexity index is 632. The summed E-state index contributed by atoms with van der Waals surface area (Å²) in [4.78, 5) is 36.6. The molecule has 2 aliphatic carbocycles. The smallest absolute Gasteiger partial charge is 0.245 e. The number of aromatic nitrogens is 3. The zero-order valence-corrected chi connectivity index (χ0v) is 15.7. The van der Waals surface area contributed by atoms with Crippen molar-refractivity contribution < 1.29 is 14.8 Å². The van der Waals surface area contributed by atoms with E-state index in [-0.39, 0.29) is 12.5 Å². The quantitative estimate of drug-likeness (QED) is 0.221. The number of nitrogens with one attached hydrogen (secondary N) is 2. The van der Waals surface area contributed by atoms with E-state index in [1.807, 2.05) is 0 Å². The standard InChI is InChI=1S/C18H28N6O3/c1-2-3-4-5-14(10-24(27)11-25)17(26)22-23-18-20-15(12-6-7-12)19-16(21-18)13-8-9-13/h11-14,27H,2-10H2,1H3,(H,22,26)(H,19,20,21,23)/t14-/m1/s1. The molecule has 148 valence electrons. The van der Waals surface area contributed by atoms with E-state index in [0.29, 0.717) is 35.7 Å². The fourth-order valence-corrected chi connectivity index (χ4v) is 2.95. The van der Waals surface area contributed by atoms with Crippen LogP contribution in [0.1, 0.15) is 81.8 Å². The molecule has 2 fully saturated rings. The van der Waals surface area contributed by atoms with Crippen molar-refractivity contribution in [3.05, 3.63) is 11.6 Å². The second kappa shape index (κ2) is 9.07. The van der Waals surface area contributed by atoms with Crippen molar-refractivity contribution in [2.45, 2.75) is 70.1 Å². The van der Waals surface area contributed by atoms with Crippen LogP contribution < -0.4 is 10.9 Å². The molecule has 9 heteroatoms. The summed E-state index contributed by atoms with van der Waals surface area (Å²) in [6.45, 7) is 2.04. The van der Waals surface area contributed by atoms with Gasteiger partial charge in [-0.1, -0.05) is 26.2 Å². The fraction of sp³-hybridized carbons (Fsp3) is 0.722.